The molecule has 114 valence electrons. The number of hydrogen-bond donors (Lipinski definition) is 1. The highest BCUT2D eigenvalue weighted by Crippen LogP contribution is 2.22. The topological polar surface area (TPSA) is 107 Å². The molecule has 0 atom stereocenters. The Bertz CT molecular complexity index is 718. The standard InChI is InChI=1S/C14H14N4O4/c1-3-22-13-7-12(15-8-16-13)14(19)17-11-6-10(18(20)21)5-4-9(11)2/h4-8H,3H2,1-2H3,(H,17,19). The Morgan fingerprint density at radius 2 is 2.14 bits per heavy atom. The van der Waals surface area contributed by atoms with E-state index in [1.54, 1.807) is 19.9 Å². The molecule has 2 rings (SSSR count). The molecule has 8 heteroatoms. The molecule has 0 saturated carbocycles. The number of carbonyl (C=O) groups excluding carboxylic acids is 1. The van der Waals surface area contributed by atoms with E-state index in [1.165, 1.54) is 24.5 Å². The van der Waals surface area contributed by atoms with Crippen LogP contribution in [-0.4, -0.2) is 27.4 Å². The molecular formula is C14H14N4O4. The van der Waals surface area contributed by atoms with Crippen molar-refractivity contribution in [3.05, 3.63) is 52.0 Å². The number of nitro groups is 1. The van der Waals surface area contributed by atoms with Gasteiger partial charge < -0.3 is 10.1 Å². The molecule has 1 aromatic heterocycles. The molecule has 8 nitrogen and oxygen atoms in total. The molecule has 0 unspecified atom stereocenters. The summed E-state index contributed by atoms with van der Waals surface area (Å²) >= 11 is 0. The fourth-order valence-corrected chi connectivity index (χ4v) is 1.74. The summed E-state index contributed by atoms with van der Waals surface area (Å²) in [5.41, 5.74) is 1.08. The van der Waals surface area contributed by atoms with Crippen LogP contribution in [0.25, 0.3) is 0 Å². The Hall–Kier alpha value is -3.03. The summed E-state index contributed by atoms with van der Waals surface area (Å²) in [5, 5.41) is 13.4. The monoisotopic (exact) mass is 302 g/mol. The van der Waals surface area contributed by atoms with Crippen molar-refractivity contribution in [2.24, 2.45) is 0 Å². The fourth-order valence-electron chi connectivity index (χ4n) is 1.74. The minimum absolute atomic E-state index is 0.0985. The summed E-state index contributed by atoms with van der Waals surface area (Å²) in [6.07, 6.45) is 1.22. The molecule has 0 aliphatic heterocycles. The molecule has 0 radical (unpaired) electrons. The zero-order chi connectivity index (χ0) is 16.1. The van der Waals surface area contributed by atoms with Crippen molar-refractivity contribution in [3.63, 3.8) is 0 Å². The van der Waals surface area contributed by atoms with Crippen LogP contribution < -0.4 is 10.1 Å². The van der Waals surface area contributed by atoms with Crippen molar-refractivity contribution in [3.8, 4) is 5.88 Å². The first-order valence-electron chi connectivity index (χ1n) is 6.52. The molecule has 0 bridgehead atoms. The van der Waals surface area contributed by atoms with E-state index in [-0.39, 0.29) is 11.4 Å². The van der Waals surface area contributed by atoms with E-state index in [2.05, 4.69) is 15.3 Å². The number of nitro benzene ring substituents is 1. The summed E-state index contributed by atoms with van der Waals surface area (Å²) in [6.45, 7) is 3.96. The van der Waals surface area contributed by atoms with Gasteiger partial charge in [-0.1, -0.05) is 6.07 Å². The lowest BCUT2D eigenvalue weighted by Gasteiger charge is -2.08. The molecule has 1 heterocycles. The predicted molar refractivity (Wildman–Crippen MR) is 79.0 cm³/mol. The molecule has 0 spiro atoms. The number of amides is 1. The lowest BCUT2D eigenvalue weighted by atomic mass is 10.1. The highest BCUT2D eigenvalue weighted by Gasteiger charge is 2.14. The van der Waals surface area contributed by atoms with Crippen molar-refractivity contribution < 1.29 is 14.5 Å². The van der Waals surface area contributed by atoms with Crippen molar-refractivity contribution in [1.82, 2.24) is 9.97 Å². The predicted octanol–water partition coefficient (Wildman–Crippen LogP) is 2.34. The summed E-state index contributed by atoms with van der Waals surface area (Å²) < 4.78 is 5.20. The van der Waals surface area contributed by atoms with Crippen LogP contribution in [0.3, 0.4) is 0 Å². The van der Waals surface area contributed by atoms with Gasteiger partial charge in [0.25, 0.3) is 11.6 Å². The van der Waals surface area contributed by atoms with Crippen LogP contribution in [0.1, 0.15) is 23.0 Å². The third-order valence-corrected chi connectivity index (χ3v) is 2.85. The Morgan fingerprint density at radius 1 is 1.36 bits per heavy atom. The quantitative estimate of drug-likeness (QED) is 0.671. The maximum atomic E-state index is 12.2. The minimum Gasteiger partial charge on any atom is -0.478 e. The third-order valence-electron chi connectivity index (χ3n) is 2.85. The maximum absolute atomic E-state index is 12.2. The number of nitrogens with zero attached hydrogens (tertiary/aromatic N) is 3. The van der Waals surface area contributed by atoms with Gasteiger partial charge in [0.1, 0.15) is 12.0 Å². The summed E-state index contributed by atoms with van der Waals surface area (Å²) in [5.74, 6) is -0.203. The second kappa shape index (κ2) is 6.61. The van der Waals surface area contributed by atoms with Gasteiger partial charge in [0, 0.05) is 18.2 Å². The first kappa shape index (κ1) is 15.4. The number of rotatable bonds is 5. The van der Waals surface area contributed by atoms with Crippen molar-refractivity contribution in [1.29, 1.82) is 0 Å². The van der Waals surface area contributed by atoms with Gasteiger partial charge in [-0.15, -0.1) is 0 Å². The van der Waals surface area contributed by atoms with Crippen LogP contribution in [0.15, 0.2) is 30.6 Å². The number of aryl methyl sites for hydroxylation is 1. The first-order valence-corrected chi connectivity index (χ1v) is 6.52. The third kappa shape index (κ3) is 3.54. The molecule has 1 amide bonds. The largest absolute Gasteiger partial charge is 0.478 e. The highest BCUT2D eigenvalue weighted by atomic mass is 16.6. The molecule has 0 aliphatic carbocycles. The average molecular weight is 302 g/mol. The average Bonchev–Trinajstić information content (AvgIpc) is 2.50. The van der Waals surface area contributed by atoms with Gasteiger partial charge in [0.05, 0.1) is 17.2 Å². The van der Waals surface area contributed by atoms with E-state index in [0.717, 1.165) is 0 Å². The molecule has 2 aromatic rings. The first-order chi connectivity index (χ1) is 10.5. The molecule has 1 aromatic carbocycles. The van der Waals surface area contributed by atoms with E-state index in [9.17, 15) is 14.9 Å². The second-order valence-electron chi connectivity index (χ2n) is 4.38. The Labute approximate surface area is 126 Å². The van der Waals surface area contributed by atoms with E-state index in [0.29, 0.717) is 23.7 Å². The summed E-state index contributed by atoms with van der Waals surface area (Å²) in [6, 6.07) is 5.66. The van der Waals surface area contributed by atoms with Gasteiger partial charge in [-0.25, -0.2) is 9.97 Å². The van der Waals surface area contributed by atoms with Crippen LogP contribution in [0.4, 0.5) is 11.4 Å². The zero-order valence-electron chi connectivity index (χ0n) is 12.1. The number of non-ortho nitro benzene ring substituents is 1. The zero-order valence-corrected chi connectivity index (χ0v) is 12.1. The van der Waals surface area contributed by atoms with E-state index in [4.69, 9.17) is 4.74 Å². The van der Waals surface area contributed by atoms with Crippen LogP contribution in [0, 0.1) is 17.0 Å². The van der Waals surface area contributed by atoms with Gasteiger partial charge in [-0.2, -0.15) is 0 Å². The van der Waals surface area contributed by atoms with Gasteiger partial charge >= 0.3 is 0 Å². The van der Waals surface area contributed by atoms with Gasteiger partial charge in [-0.3, -0.25) is 14.9 Å². The molecular weight excluding hydrogens is 288 g/mol. The smallest absolute Gasteiger partial charge is 0.274 e. The normalized spacial score (nSPS) is 10.1. The number of benzene rings is 1. The Morgan fingerprint density at radius 3 is 2.82 bits per heavy atom. The minimum atomic E-state index is -0.521. The van der Waals surface area contributed by atoms with Gasteiger partial charge in [-0.05, 0) is 19.4 Å². The molecule has 0 aliphatic rings. The highest BCUT2D eigenvalue weighted by molar-refractivity contribution is 6.03. The van der Waals surface area contributed by atoms with E-state index >= 15 is 0 Å². The van der Waals surface area contributed by atoms with Crippen LogP contribution >= 0.6 is 0 Å². The van der Waals surface area contributed by atoms with Crippen LogP contribution in [0.2, 0.25) is 0 Å². The van der Waals surface area contributed by atoms with Crippen LogP contribution in [0.5, 0.6) is 5.88 Å². The second-order valence-corrected chi connectivity index (χ2v) is 4.38. The SMILES string of the molecule is CCOc1cc(C(=O)Nc2cc([N+](=O)[O-])ccc2C)ncn1. The van der Waals surface area contributed by atoms with Crippen molar-refractivity contribution >= 4 is 17.3 Å². The Kier molecular flexibility index (Phi) is 4.62. The van der Waals surface area contributed by atoms with E-state index in [1.807, 2.05) is 0 Å². The summed E-state index contributed by atoms with van der Waals surface area (Å²) in [7, 11) is 0. The van der Waals surface area contributed by atoms with Crippen molar-refractivity contribution in [2.75, 3.05) is 11.9 Å². The number of ether oxygens (including phenoxy) is 1. The van der Waals surface area contributed by atoms with Crippen molar-refractivity contribution in [2.45, 2.75) is 13.8 Å². The van der Waals surface area contributed by atoms with Crippen LogP contribution in [-0.2, 0) is 0 Å². The number of nitrogens with one attached hydrogen (secondary N) is 1. The molecule has 0 saturated heterocycles. The molecule has 0 fully saturated rings. The number of aromatic nitrogens is 2. The molecule has 22 heavy (non-hydrogen) atoms. The van der Waals surface area contributed by atoms with E-state index < -0.39 is 10.8 Å². The van der Waals surface area contributed by atoms with Gasteiger partial charge in [0.15, 0.2) is 0 Å². The number of anilines is 1. The Balaban J connectivity index is 2.23. The lowest BCUT2D eigenvalue weighted by Crippen LogP contribution is -2.15. The van der Waals surface area contributed by atoms with Gasteiger partial charge in [0.2, 0.25) is 5.88 Å². The molecule has 1 N–H and O–H groups in total. The summed E-state index contributed by atoms with van der Waals surface area (Å²) in [4.78, 5) is 30.2. The lowest BCUT2D eigenvalue weighted by molar-refractivity contribution is -0.384. The maximum Gasteiger partial charge on any atom is 0.274 e. The number of hydrogen-bond acceptors (Lipinski definition) is 6. The fraction of sp³-hybridized carbons (Fsp3) is 0.214. The number of carbonyl (C=O) groups is 1.